The highest BCUT2D eigenvalue weighted by atomic mass is 79.9. The molecule has 1 N–H and O–H groups in total. The molecule has 2 nitrogen and oxygen atoms in total. The van der Waals surface area contributed by atoms with Gasteiger partial charge in [-0.3, -0.25) is 4.98 Å². The second kappa shape index (κ2) is 6.50. The SMILES string of the molecule is CNC(CCc1cncc(Br)c1)C1CCCC1. The Bertz CT molecular complexity index is 348. The van der Waals surface area contributed by atoms with Gasteiger partial charge in [0.15, 0.2) is 0 Å². The Labute approximate surface area is 112 Å². The summed E-state index contributed by atoms with van der Waals surface area (Å²) in [6, 6.07) is 2.85. The van der Waals surface area contributed by atoms with Gasteiger partial charge in [-0.1, -0.05) is 12.8 Å². The molecule has 0 aromatic carbocycles. The van der Waals surface area contributed by atoms with Crippen LogP contribution in [-0.2, 0) is 6.42 Å². The van der Waals surface area contributed by atoms with Crippen molar-refractivity contribution in [3.05, 3.63) is 28.5 Å². The molecule has 0 aliphatic heterocycles. The standard InChI is InChI=1S/C14H21BrN2/c1-16-14(12-4-2-3-5-12)7-6-11-8-13(15)10-17-9-11/h8-10,12,14,16H,2-7H2,1H3. The Morgan fingerprint density at radius 1 is 1.41 bits per heavy atom. The highest BCUT2D eigenvalue weighted by Crippen LogP contribution is 2.29. The molecule has 1 unspecified atom stereocenters. The number of aryl methyl sites for hydroxylation is 1. The van der Waals surface area contributed by atoms with Crippen LogP contribution in [0.3, 0.4) is 0 Å². The first-order valence-corrected chi connectivity index (χ1v) is 7.35. The third-order valence-electron chi connectivity index (χ3n) is 3.85. The van der Waals surface area contributed by atoms with Crippen LogP contribution in [0.15, 0.2) is 22.9 Å². The van der Waals surface area contributed by atoms with Crippen molar-refractivity contribution >= 4 is 15.9 Å². The molecule has 0 saturated heterocycles. The summed E-state index contributed by atoms with van der Waals surface area (Å²) in [5.41, 5.74) is 1.33. The topological polar surface area (TPSA) is 24.9 Å². The molecule has 1 aliphatic rings. The molecule has 94 valence electrons. The fourth-order valence-corrected chi connectivity index (χ4v) is 3.30. The number of aromatic nitrogens is 1. The van der Waals surface area contributed by atoms with Gasteiger partial charge >= 0.3 is 0 Å². The third-order valence-corrected chi connectivity index (χ3v) is 4.28. The molecule has 1 atom stereocenters. The maximum atomic E-state index is 4.22. The van der Waals surface area contributed by atoms with Crippen molar-refractivity contribution in [3.63, 3.8) is 0 Å². The lowest BCUT2D eigenvalue weighted by Gasteiger charge is -2.22. The number of rotatable bonds is 5. The van der Waals surface area contributed by atoms with Gasteiger partial charge < -0.3 is 5.32 Å². The van der Waals surface area contributed by atoms with E-state index in [1.807, 2.05) is 12.4 Å². The van der Waals surface area contributed by atoms with Gasteiger partial charge in [0.25, 0.3) is 0 Å². The number of pyridine rings is 1. The van der Waals surface area contributed by atoms with E-state index < -0.39 is 0 Å². The quantitative estimate of drug-likeness (QED) is 0.899. The van der Waals surface area contributed by atoms with E-state index in [1.165, 1.54) is 37.7 Å². The average Bonchev–Trinajstić information content (AvgIpc) is 2.84. The van der Waals surface area contributed by atoms with E-state index in [0.29, 0.717) is 6.04 Å². The first-order chi connectivity index (χ1) is 8.29. The van der Waals surface area contributed by atoms with Crippen LogP contribution in [0.5, 0.6) is 0 Å². The predicted molar refractivity (Wildman–Crippen MR) is 75.1 cm³/mol. The molecule has 1 fully saturated rings. The molecule has 2 rings (SSSR count). The lowest BCUT2D eigenvalue weighted by molar-refractivity contribution is 0.360. The molecule has 0 amide bonds. The van der Waals surface area contributed by atoms with Crippen molar-refractivity contribution in [1.82, 2.24) is 10.3 Å². The molecule has 0 radical (unpaired) electrons. The Balaban J connectivity index is 1.87. The van der Waals surface area contributed by atoms with Crippen LogP contribution in [0.2, 0.25) is 0 Å². The van der Waals surface area contributed by atoms with Crippen molar-refractivity contribution < 1.29 is 0 Å². The number of nitrogens with zero attached hydrogens (tertiary/aromatic N) is 1. The molecule has 1 aromatic rings. The lowest BCUT2D eigenvalue weighted by atomic mass is 9.93. The van der Waals surface area contributed by atoms with Crippen molar-refractivity contribution in [2.24, 2.45) is 5.92 Å². The van der Waals surface area contributed by atoms with Crippen LogP contribution in [0, 0.1) is 5.92 Å². The maximum absolute atomic E-state index is 4.22. The maximum Gasteiger partial charge on any atom is 0.0410 e. The van der Waals surface area contributed by atoms with Gasteiger partial charge in [0.2, 0.25) is 0 Å². The summed E-state index contributed by atoms with van der Waals surface area (Å²) in [4.78, 5) is 4.22. The lowest BCUT2D eigenvalue weighted by Crippen LogP contribution is -2.32. The zero-order chi connectivity index (χ0) is 12.1. The van der Waals surface area contributed by atoms with E-state index in [9.17, 15) is 0 Å². The zero-order valence-electron chi connectivity index (χ0n) is 10.5. The molecule has 1 saturated carbocycles. The van der Waals surface area contributed by atoms with Crippen molar-refractivity contribution in [3.8, 4) is 0 Å². The van der Waals surface area contributed by atoms with Gasteiger partial charge in [-0.05, 0) is 66.2 Å². The monoisotopic (exact) mass is 296 g/mol. The van der Waals surface area contributed by atoms with Crippen molar-refractivity contribution in [1.29, 1.82) is 0 Å². The molecule has 1 aromatic heterocycles. The largest absolute Gasteiger partial charge is 0.317 e. The number of hydrogen-bond donors (Lipinski definition) is 1. The fourth-order valence-electron chi connectivity index (χ4n) is 2.89. The highest BCUT2D eigenvalue weighted by molar-refractivity contribution is 9.10. The minimum Gasteiger partial charge on any atom is -0.317 e. The van der Waals surface area contributed by atoms with E-state index in [0.717, 1.165) is 16.8 Å². The number of hydrogen-bond acceptors (Lipinski definition) is 2. The van der Waals surface area contributed by atoms with E-state index in [4.69, 9.17) is 0 Å². The van der Waals surface area contributed by atoms with Crippen LogP contribution < -0.4 is 5.32 Å². The summed E-state index contributed by atoms with van der Waals surface area (Å²) >= 11 is 3.47. The predicted octanol–water partition coefficient (Wildman–Crippen LogP) is 3.55. The summed E-state index contributed by atoms with van der Waals surface area (Å²) in [6.45, 7) is 0. The fraction of sp³-hybridized carbons (Fsp3) is 0.643. The van der Waals surface area contributed by atoms with Crippen LogP contribution in [-0.4, -0.2) is 18.1 Å². The first kappa shape index (κ1) is 13.0. The molecule has 1 heterocycles. The Morgan fingerprint density at radius 3 is 2.82 bits per heavy atom. The molecule has 1 aliphatic carbocycles. The van der Waals surface area contributed by atoms with Gasteiger partial charge in [0.1, 0.15) is 0 Å². The zero-order valence-corrected chi connectivity index (χ0v) is 12.0. The molecule has 17 heavy (non-hydrogen) atoms. The van der Waals surface area contributed by atoms with Crippen molar-refractivity contribution in [2.75, 3.05) is 7.05 Å². The third kappa shape index (κ3) is 3.78. The molecule has 0 bridgehead atoms. The van der Waals surface area contributed by atoms with Gasteiger partial charge in [-0.15, -0.1) is 0 Å². The summed E-state index contributed by atoms with van der Waals surface area (Å²) in [7, 11) is 2.10. The average molecular weight is 297 g/mol. The van der Waals surface area contributed by atoms with Crippen LogP contribution in [0.25, 0.3) is 0 Å². The Hall–Kier alpha value is -0.410. The van der Waals surface area contributed by atoms with Gasteiger partial charge in [0.05, 0.1) is 0 Å². The van der Waals surface area contributed by atoms with Crippen LogP contribution >= 0.6 is 15.9 Å². The molecule has 0 spiro atoms. The Kier molecular flexibility index (Phi) is 4.99. The molecule has 3 heteroatoms. The highest BCUT2D eigenvalue weighted by Gasteiger charge is 2.23. The van der Waals surface area contributed by atoms with Crippen LogP contribution in [0.4, 0.5) is 0 Å². The molecular formula is C14H21BrN2. The smallest absolute Gasteiger partial charge is 0.0410 e. The number of nitrogens with one attached hydrogen (secondary N) is 1. The van der Waals surface area contributed by atoms with Gasteiger partial charge in [0, 0.05) is 22.9 Å². The molecular weight excluding hydrogens is 276 g/mol. The second-order valence-corrected chi connectivity index (χ2v) is 5.91. The van der Waals surface area contributed by atoms with E-state index in [2.05, 4.69) is 39.3 Å². The van der Waals surface area contributed by atoms with Gasteiger partial charge in [-0.25, -0.2) is 0 Å². The van der Waals surface area contributed by atoms with E-state index >= 15 is 0 Å². The summed E-state index contributed by atoms with van der Waals surface area (Å²) in [5.74, 6) is 0.889. The first-order valence-electron chi connectivity index (χ1n) is 6.56. The summed E-state index contributed by atoms with van der Waals surface area (Å²) < 4.78 is 1.08. The minimum atomic E-state index is 0.677. The van der Waals surface area contributed by atoms with E-state index in [-0.39, 0.29) is 0 Å². The van der Waals surface area contributed by atoms with Crippen molar-refractivity contribution in [2.45, 2.75) is 44.6 Å². The van der Waals surface area contributed by atoms with E-state index in [1.54, 1.807) is 0 Å². The normalized spacial score (nSPS) is 18.5. The Morgan fingerprint density at radius 2 is 2.18 bits per heavy atom. The second-order valence-electron chi connectivity index (χ2n) is 4.99. The minimum absolute atomic E-state index is 0.677. The summed E-state index contributed by atoms with van der Waals surface area (Å²) in [5, 5.41) is 3.50. The summed E-state index contributed by atoms with van der Waals surface area (Å²) in [6.07, 6.45) is 11.8. The van der Waals surface area contributed by atoms with Gasteiger partial charge in [-0.2, -0.15) is 0 Å². The van der Waals surface area contributed by atoms with Crippen LogP contribution in [0.1, 0.15) is 37.7 Å². The number of halogens is 1.